The quantitative estimate of drug-likeness (QED) is 0.803. The van der Waals surface area contributed by atoms with Crippen molar-refractivity contribution in [2.24, 2.45) is 0 Å². The number of hydrogen-bond acceptors (Lipinski definition) is 3. The summed E-state index contributed by atoms with van der Waals surface area (Å²) in [6.45, 7) is 1.24. The highest BCUT2D eigenvalue weighted by molar-refractivity contribution is 9.10. The van der Waals surface area contributed by atoms with Crippen molar-refractivity contribution in [2.75, 3.05) is 39.2 Å². The van der Waals surface area contributed by atoms with Crippen LogP contribution >= 0.6 is 15.9 Å². The number of halogens is 1. The fourth-order valence-electron chi connectivity index (χ4n) is 3.31. The smallest absolute Gasteiger partial charge is 0.321 e. The van der Waals surface area contributed by atoms with Gasteiger partial charge in [0.15, 0.2) is 0 Å². The van der Waals surface area contributed by atoms with Crippen molar-refractivity contribution in [1.29, 1.82) is 0 Å². The third-order valence-electron chi connectivity index (χ3n) is 4.73. The molecule has 0 aromatic heterocycles. The molecule has 138 valence electrons. The van der Waals surface area contributed by atoms with Gasteiger partial charge in [0.05, 0.1) is 13.2 Å². The van der Waals surface area contributed by atoms with Crippen LogP contribution in [-0.2, 0) is 6.42 Å². The van der Waals surface area contributed by atoms with E-state index >= 15 is 0 Å². The SMILES string of the molecule is COc1cccc([C@H](CNC(=O)N2CCc3cc(Br)ccc32)N(C)C)c1. The lowest BCUT2D eigenvalue weighted by Crippen LogP contribution is -2.42. The number of likely N-dealkylation sites (N-methyl/N-ethyl adjacent to an activating group) is 1. The summed E-state index contributed by atoms with van der Waals surface area (Å²) in [4.78, 5) is 16.7. The van der Waals surface area contributed by atoms with E-state index in [0.29, 0.717) is 13.1 Å². The molecule has 0 unspecified atom stereocenters. The lowest BCUT2D eigenvalue weighted by atomic mass is 10.1. The minimum Gasteiger partial charge on any atom is -0.497 e. The third kappa shape index (κ3) is 4.02. The maximum Gasteiger partial charge on any atom is 0.321 e. The molecule has 0 aliphatic carbocycles. The highest BCUT2D eigenvalue weighted by Crippen LogP contribution is 2.30. The molecule has 0 saturated carbocycles. The fourth-order valence-corrected chi connectivity index (χ4v) is 3.72. The Balaban J connectivity index is 1.69. The molecule has 2 aromatic carbocycles. The van der Waals surface area contributed by atoms with Crippen LogP contribution < -0.4 is 15.0 Å². The second-order valence-corrected chi connectivity index (χ2v) is 7.53. The molecule has 1 N–H and O–H groups in total. The van der Waals surface area contributed by atoms with Gasteiger partial charge in [0, 0.05) is 23.2 Å². The zero-order valence-corrected chi connectivity index (χ0v) is 16.9. The summed E-state index contributed by atoms with van der Waals surface area (Å²) >= 11 is 3.49. The maximum atomic E-state index is 12.7. The van der Waals surface area contributed by atoms with Crippen molar-refractivity contribution in [1.82, 2.24) is 10.2 Å². The van der Waals surface area contributed by atoms with Crippen LogP contribution in [0.5, 0.6) is 5.75 Å². The molecule has 1 aliphatic rings. The molecule has 3 rings (SSSR count). The van der Waals surface area contributed by atoms with Gasteiger partial charge in [-0.3, -0.25) is 4.90 Å². The number of amides is 2. The van der Waals surface area contributed by atoms with Crippen molar-refractivity contribution in [3.8, 4) is 5.75 Å². The zero-order valence-electron chi connectivity index (χ0n) is 15.3. The van der Waals surface area contributed by atoms with E-state index in [2.05, 4.69) is 38.3 Å². The molecule has 26 heavy (non-hydrogen) atoms. The van der Waals surface area contributed by atoms with Crippen LogP contribution in [0, 0.1) is 0 Å². The number of rotatable bonds is 5. The maximum absolute atomic E-state index is 12.7. The minimum absolute atomic E-state index is 0.0548. The first-order valence-electron chi connectivity index (χ1n) is 8.63. The molecule has 1 heterocycles. The second-order valence-electron chi connectivity index (χ2n) is 6.62. The highest BCUT2D eigenvalue weighted by atomic mass is 79.9. The van der Waals surface area contributed by atoms with Crippen LogP contribution in [0.4, 0.5) is 10.5 Å². The molecule has 0 spiro atoms. The van der Waals surface area contributed by atoms with Crippen molar-refractivity contribution in [3.05, 3.63) is 58.1 Å². The van der Waals surface area contributed by atoms with Crippen LogP contribution in [-0.4, -0.2) is 45.2 Å². The van der Waals surface area contributed by atoms with Crippen molar-refractivity contribution in [3.63, 3.8) is 0 Å². The number of ether oxygens (including phenoxy) is 1. The molecule has 0 fully saturated rings. The van der Waals surface area contributed by atoms with Crippen LogP contribution in [0.15, 0.2) is 46.9 Å². The van der Waals surface area contributed by atoms with Gasteiger partial charge in [0.1, 0.15) is 5.75 Å². The predicted octanol–water partition coefficient (Wildman–Crippen LogP) is 3.83. The molecule has 5 nitrogen and oxygen atoms in total. The number of methoxy groups -OCH3 is 1. The normalized spacial score (nSPS) is 14.3. The minimum atomic E-state index is -0.0548. The van der Waals surface area contributed by atoms with Gasteiger partial charge in [-0.25, -0.2) is 4.79 Å². The summed E-state index contributed by atoms with van der Waals surface area (Å²) < 4.78 is 6.37. The van der Waals surface area contributed by atoms with E-state index in [9.17, 15) is 4.79 Å². The molecule has 0 bridgehead atoms. The van der Waals surface area contributed by atoms with E-state index in [-0.39, 0.29) is 12.1 Å². The largest absolute Gasteiger partial charge is 0.497 e. The van der Waals surface area contributed by atoms with Gasteiger partial charge >= 0.3 is 6.03 Å². The Morgan fingerprint density at radius 2 is 2.12 bits per heavy atom. The van der Waals surface area contributed by atoms with Crippen molar-refractivity contribution in [2.45, 2.75) is 12.5 Å². The molecule has 6 heteroatoms. The van der Waals surface area contributed by atoms with E-state index in [4.69, 9.17) is 4.74 Å². The van der Waals surface area contributed by atoms with E-state index in [1.807, 2.05) is 49.3 Å². The molecule has 2 aromatic rings. The number of hydrogen-bond donors (Lipinski definition) is 1. The summed E-state index contributed by atoms with van der Waals surface area (Å²) in [5.74, 6) is 0.819. The summed E-state index contributed by atoms with van der Waals surface area (Å²) in [5, 5.41) is 3.09. The summed E-state index contributed by atoms with van der Waals surface area (Å²) in [7, 11) is 5.69. The molecular formula is C20H24BrN3O2. The Kier molecular flexibility index (Phi) is 5.84. The van der Waals surface area contributed by atoms with Gasteiger partial charge in [-0.1, -0.05) is 28.1 Å². The molecule has 2 amide bonds. The number of fused-ring (bicyclic) bond motifs is 1. The van der Waals surface area contributed by atoms with Crippen molar-refractivity contribution < 1.29 is 9.53 Å². The second kappa shape index (κ2) is 8.10. The number of carbonyl (C=O) groups is 1. The third-order valence-corrected chi connectivity index (χ3v) is 5.22. The monoisotopic (exact) mass is 417 g/mol. The van der Waals surface area contributed by atoms with Crippen LogP contribution in [0.1, 0.15) is 17.2 Å². The number of benzene rings is 2. The van der Waals surface area contributed by atoms with Crippen LogP contribution in [0.25, 0.3) is 0 Å². The summed E-state index contributed by atoms with van der Waals surface area (Å²) in [6, 6.07) is 14.0. The molecular weight excluding hydrogens is 394 g/mol. The van der Waals surface area contributed by atoms with Crippen LogP contribution in [0.2, 0.25) is 0 Å². The van der Waals surface area contributed by atoms with Gasteiger partial charge < -0.3 is 15.0 Å². The topological polar surface area (TPSA) is 44.8 Å². The van der Waals surface area contributed by atoms with E-state index in [1.54, 1.807) is 7.11 Å². The number of nitrogens with one attached hydrogen (secondary N) is 1. The Hall–Kier alpha value is -2.05. The van der Waals surface area contributed by atoms with E-state index in [1.165, 1.54) is 5.56 Å². The molecule has 0 saturated heterocycles. The first kappa shape index (κ1) is 18.7. The molecule has 1 aliphatic heterocycles. The van der Waals surface area contributed by atoms with E-state index < -0.39 is 0 Å². The number of nitrogens with zero attached hydrogens (tertiary/aromatic N) is 2. The number of anilines is 1. The average Bonchev–Trinajstić information content (AvgIpc) is 3.04. The average molecular weight is 418 g/mol. The van der Waals surface area contributed by atoms with Gasteiger partial charge in [0.2, 0.25) is 0 Å². The standard InChI is InChI=1S/C20H24BrN3O2/c1-23(2)19(14-5-4-6-17(12-14)26-3)13-22-20(25)24-10-9-15-11-16(21)7-8-18(15)24/h4-8,11-12,19H,9-10,13H2,1-3H3,(H,22,25)/t19-/m0/s1. The first-order valence-corrected chi connectivity index (χ1v) is 9.43. The fraction of sp³-hybridized carbons (Fsp3) is 0.350. The van der Waals surface area contributed by atoms with Crippen molar-refractivity contribution >= 4 is 27.6 Å². The Morgan fingerprint density at radius 3 is 2.85 bits per heavy atom. The lowest BCUT2D eigenvalue weighted by Gasteiger charge is -2.27. The summed E-state index contributed by atoms with van der Waals surface area (Å²) in [5.41, 5.74) is 3.31. The van der Waals surface area contributed by atoms with Gasteiger partial charge in [-0.15, -0.1) is 0 Å². The van der Waals surface area contributed by atoms with Gasteiger partial charge in [-0.2, -0.15) is 0 Å². The predicted molar refractivity (Wildman–Crippen MR) is 108 cm³/mol. The molecule has 1 atom stereocenters. The zero-order chi connectivity index (χ0) is 18.7. The van der Waals surface area contributed by atoms with E-state index in [0.717, 1.165) is 27.9 Å². The Labute approximate surface area is 163 Å². The Morgan fingerprint density at radius 1 is 1.31 bits per heavy atom. The first-order chi connectivity index (χ1) is 12.5. The molecule has 0 radical (unpaired) electrons. The number of carbonyl (C=O) groups excluding carboxylic acids is 1. The highest BCUT2D eigenvalue weighted by Gasteiger charge is 2.25. The van der Waals surface area contributed by atoms with Crippen LogP contribution in [0.3, 0.4) is 0 Å². The van der Waals surface area contributed by atoms with Gasteiger partial charge in [0.25, 0.3) is 0 Å². The van der Waals surface area contributed by atoms with Gasteiger partial charge in [-0.05, 0) is 62.0 Å². The lowest BCUT2D eigenvalue weighted by molar-refractivity contribution is 0.238. The Bertz CT molecular complexity index is 794. The number of urea groups is 1. The summed E-state index contributed by atoms with van der Waals surface area (Å²) in [6.07, 6.45) is 0.884.